The summed E-state index contributed by atoms with van der Waals surface area (Å²) in [4.78, 5) is 17.8. The zero-order valence-electron chi connectivity index (χ0n) is 14.3. The number of nitrogens with zero attached hydrogens (tertiary/aromatic N) is 3. The molecule has 4 aromatic rings. The lowest BCUT2D eigenvalue weighted by Gasteiger charge is -2.13. The fourth-order valence-electron chi connectivity index (χ4n) is 2.79. The molecule has 0 amide bonds. The molecule has 0 saturated carbocycles. The Hall–Kier alpha value is -2.86. The molecule has 0 bridgehead atoms. The van der Waals surface area contributed by atoms with Crippen LogP contribution in [0.4, 0.5) is 0 Å². The van der Waals surface area contributed by atoms with Crippen LogP contribution < -0.4 is 5.56 Å². The van der Waals surface area contributed by atoms with Gasteiger partial charge in [0.15, 0.2) is 5.16 Å². The summed E-state index contributed by atoms with van der Waals surface area (Å²) in [7, 11) is 0. The van der Waals surface area contributed by atoms with E-state index in [0.717, 1.165) is 17.0 Å². The molecule has 0 aliphatic rings. The molecule has 0 fully saturated rings. The van der Waals surface area contributed by atoms with E-state index in [-0.39, 0.29) is 5.56 Å². The van der Waals surface area contributed by atoms with Gasteiger partial charge in [0.05, 0.1) is 23.1 Å². The van der Waals surface area contributed by atoms with Gasteiger partial charge < -0.3 is 4.52 Å². The quantitative estimate of drug-likeness (QED) is 0.396. The summed E-state index contributed by atoms with van der Waals surface area (Å²) in [6, 6.07) is 19.3. The Morgan fingerprint density at radius 3 is 2.62 bits per heavy atom. The predicted molar refractivity (Wildman–Crippen MR) is 102 cm³/mol. The molecular weight excluding hydrogens is 346 g/mol. The molecular formula is C20H17N3O2S. The average molecular weight is 363 g/mol. The van der Waals surface area contributed by atoms with Crippen molar-refractivity contribution in [2.45, 2.75) is 24.4 Å². The van der Waals surface area contributed by atoms with E-state index in [2.05, 4.69) is 5.16 Å². The van der Waals surface area contributed by atoms with Gasteiger partial charge in [0, 0.05) is 11.8 Å². The summed E-state index contributed by atoms with van der Waals surface area (Å²) in [5, 5.41) is 5.33. The van der Waals surface area contributed by atoms with Crippen LogP contribution in [0, 0.1) is 6.92 Å². The highest BCUT2D eigenvalue weighted by Gasteiger charge is 2.13. The van der Waals surface area contributed by atoms with Crippen molar-refractivity contribution in [2.75, 3.05) is 0 Å². The van der Waals surface area contributed by atoms with Crippen molar-refractivity contribution < 1.29 is 4.52 Å². The van der Waals surface area contributed by atoms with E-state index in [1.54, 1.807) is 4.57 Å². The molecule has 0 N–H and O–H groups in total. The lowest BCUT2D eigenvalue weighted by molar-refractivity contribution is 0.393. The van der Waals surface area contributed by atoms with Gasteiger partial charge in [-0.05, 0) is 24.6 Å². The van der Waals surface area contributed by atoms with E-state index in [9.17, 15) is 4.79 Å². The highest BCUT2D eigenvalue weighted by atomic mass is 32.2. The first-order valence-corrected chi connectivity index (χ1v) is 9.28. The van der Waals surface area contributed by atoms with Crippen molar-refractivity contribution in [3.8, 4) is 0 Å². The molecule has 2 aromatic carbocycles. The van der Waals surface area contributed by atoms with Gasteiger partial charge in [0.2, 0.25) is 0 Å². The van der Waals surface area contributed by atoms with Crippen molar-refractivity contribution >= 4 is 22.7 Å². The second kappa shape index (κ2) is 7.17. The van der Waals surface area contributed by atoms with Crippen LogP contribution in [0.3, 0.4) is 0 Å². The Balaban J connectivity index is 1.75. The summed E-state index contributed by atoms with van der Waals surface area (Å²) >= 11 is 1.49. The van der Waals surface area contributed by atoms with E-state index in [1.165, 1.54) is 11.8 Å². The van der Waals surface area contributed by atoms with E-state index >= 15 is 0 Å². The van der Waals surface area contributed by atoms with E-state index < -0.39 is 0 Å². The second-order valence-corrected chi connectivity index (χ2v) is 6.95. The van der Waals surface area contributed by atoms with Crippen molar-refractivity contribution in [2.24, 2.45) is 0 Å². The Morgan fingerprint density at radius 2 is 1.85 bits per heavy atom. The third-order valence-corrected chi connectivity index (χ3v) is 5.05. The average Bonchev–Trinajstić information content (AvgIpc) is 3.09. The van der Waals surface area contributed by atoms with Gasteiger partial charge in [-0.2, -0.15) is 0 Å². The second-order valence-electron chi connectivity index (χ2n) is 6.01. The maximum absolute atomic E-state index is 13.0. The first kappa shape index (κ1) is 16.6. The molecule has 0 unspecified atom stereocenters. The fourth-order valence-corrected chi connectivity index (χ4v) is 3.67. The van der Waals surface area contributed by atoms with Crippen LogP contribution in [0.5, 0.6) is 0 Å². The van der Waals surface area contributed by atoms with Gasteiger partial charge in [0.25, 0.3) is 5.56 Å². The van der Waals surface area contributed by atoms with Crippen molar-refractivity contribution in [3.05, 3.63) is 88.0 Å². The minimum Gasteiger partial charge on any atom is -0.361 e. The summed E-state index contributed by atoms with van der Waals surface area (Å²) in [5.41, 5.74) is 2.57. The molecule has 130 valence electrons. The molecule has 0 atom stereocenters. The summed E-state index contributed by atoms with van der Waals surface area (Å²) in [5.74, 6) is 1.37. The van der Waals surface area contributed by atoms with Crippen molar-refractivity contribution in [1.29, 1.82) is 0 Å². The van der Waals surface area contributed by atoms with Crippen LogP contribution in [0.2, 0.25) is 0 Å². The van der Waals surface area contributed by atoms with Crippen molar-refractivity contribution in [1.82, 2.24) is 14.7 Å². The number of benzene rings is 2. The van der Waals surface area contributed by atoms with Gasteiger partial charge >= 0.3 is 0 Å². The summed E-state index contributed by atoms with van der Waals surface area (Å²) < 4.78 is 6.85. The van der Waals surface area contributed by atoms with Crippen LogP contribution in [0.25, 0.3) is 10.9 Å². The number of fused-ring (bicyclic) bond motifs is 1. The number of rotatable bonds is 5. The molecule has 0 aliphatic heterocycles. The van der Waals surface area contributed by atoms with Crippen LogP contribution >= 0.6 is 11.8 Å². The Morgan fingerprint density at radius 1 is 1.08 bits per heavy atom. The Labute approximate surface area is 154 Å². The normalized spacial score (nSPS) is 11.1. The van der Waals surface area contributed by atoms with E-state index in [4.69, 9.17) is 9.51 Å². The molecule has 6 heteroatoms. The molecule has 26 heavy (non-hydrogen) atoms. The Bertz CT molecular complexity index is 1100. The topological polar surface area (TPSA) is 60.9 Å². The maximum Gasteiger partial charge on any atom is 0.262 e. The maximum atomic E-state index is 13.0. The van der Waals surface area contributed by atoms with Gasteiger partial charge in [-0.3, -0.25) is 9.36 Å². The first-order chi connectivity index (χ1) is 12.7. The van der Waals surface area contributed by atoms with Gasteiger partial charge in [-0.25, -0.2) is 4.98 Å². The van der Waals surface area contributed by atoms with E-state index in [0.29, 0.717) is 28.4 Å². The minimum absolute atomic E-state index is 0.0294. The van der Waals surface area contributed by atoms with E-state index in [1.807, 2.05) is 67.6 Å². The number of thioether (sulfide) groups is 1. The summed E-state index contributed by atoms with van der Waals surface area (Å²) in [6.45, 7) is 2.35. The fraction of sp³-hybridized carbons (Fsp3) is 0.150. The number of hydrogen-bond donors (Lipinski definition) is 0. The molecule has 2 heterocycles. The number of aromatic nitrogens is 3. The monoisotopic (exact) mass is 363 g/mol. The molecule has 2 aromatic heterocycles. The molecule has 0 aliphatic carbocycles. The van der Waals surface area contributed by atoms with Crippen LogP contribution in [-0.4, -0.2) is 14.7 Å². The SMILES string of the molecule is Cc1cc(CSc2nc3ccccc3c(=O)n2Cc2ccccc2)no1. The predicted octanol–water partition coefficient (Wildman–Crippen LogP) is 4.03. The largest absolute Gasteiger partial charge is 0.361 e. The number of aryl methyl sites for hydroxylation is 1. The summed E-state index contributed by atoms with van der Waals surface area (Å²) in [6.07, 6.45) is 0. The van der Waals surface area contributed by atoms with Crippen LogP contribution in [0.1, 0.15) is 17.0 Å². The van der Waals surface area contributed by atoms with Gasteiger partial charge in [-0.15, -0.1) is 0 Å². The van der Waals surface area contributed by atoms with Crippen molar-refractivity contribution in [3.63, 3.8) is 0 Å². The lowest BCUT2D eigenvalue weighted by Crippen LogP contribution is -2.24. The zero-order valence-corrected chi connectivity index (χ0v) is 15.1. The third-order valence-electron chi connectivity index (χ3n) is 4.04. The number of hydrogen-bond acceptors (Lipinski definition) is 5. The lowest BCUT2D eigenvalue weighted by atomic mass is 10.2. The third kappa shape index (κ3) is 3.41. The molecule has 0 spiro atoms. The number of para-hydroxylation sites is 1. The van der Waals surface area contributed by atoms with Crippen LogP contribution in [-0.2, 0) is 12.3 Å². The smallest absolute Gasteiger partial charge is 0.262 e. The highest BCUT2D eigenvalue weighted by molar-refractivity contribution is 7.98. The zero-order chi connectivity index (χ0) is 17.9. The molecule has 4 rings (SSSR count). The first-order valence-electron chi connectivity index (χ1n) is 8.29. The van der Waals surface area contributed by atoms with Gasteiger partial charge in [-0.1, -0.05) is 59.4 Å². The molecule has 0 saturated heterocycles. The molecule has 5 nitrogen and oxygen atoms in total. The minimum atomic E-state index is -0.0294. The van der Waals surface area contributed by atoms with Crippen LogP contribution in [0.15, 0.2) is 75.1 Å². The highest BCUT2D eigenvalue weighted by Crippen LogP contribution is 2.22. The Kier molecular flexibility index (Phi) is 4.58. The van der Waals surface area contributed by atoms with Gasteiger partial charge in [0.1, 0.15) is 5.76 Å². The standard InChI is InChI=1S/C20H17N3O2S/c1-14-11-16(22-25-14)13-26-20-21-18-10-6-5-9-17(18)19(24)23(20)12-15-7-3-2-4-8-15/h2-11H,12-13H2,1H3. The molecule has 0 radical (unpaired) electrons.